The lowest BCUT2D eigenvalue weighted by Crippen LogP contribution is -2.22. The second-order valence-electron chi connectivity index (χ2n) is 4.36. The van der Waals surface area contributed by atoms with Gasteiger partial charge in [0, 0.05) is 18.7 Å². The average molecular weight is 255 g/mol. The Hall–Kier alpha value is -1.46. The van der Waals surface area contributed by atoms with E-state index in [-0.39, 0.29) is 18.1 Å². The number of aliphatic hydroxyl groups is 1. The van der Waals surface area contributed by atoms with Crippen molar-refractivity contribution in [2.24, 2.45) is 5.92 Å². The minimum absolute atomic E-state index is 0.172. The van der Waals surface area contributed by atoms with Crippen molar-refractivity contribution in [2.45, 2.75) is 26.3 Å². The van der Waals surface area contributed by atoms with Gasteiger partial charge in [0.1, 0.15) is 0 Å². The number of nitrogens with one attached hydrogen (secondary N) is 1. The van der Waals surface area contributed by atoms with Gasteiger partial charge in [-0.25, -0.2) is 0 Å². The molecule has 0 aliphatic heterocycles. The smallest absolute Gasteiger partial charge is 0.200 e. The molecule has 0 amide bonds. The van der Waals surface area contributed by atoms with Gasteiger partial charge in [0.05, 0.1) is 0 Å². The number of hydrogen-bond acceptors (Lipinski definition) is 5. The monoisotopic (exact) mass is 255 g/mol. The molecule has 102 valence electrons. The lowest BCUT2D eigenvalue weighted by atomic mass is 10.0. The van der Waals surface area contributed by atoms with Crippen LogP contribution in [-0.2, 0) is 6.54 Å². The van der Waals surface area contributed by atoms with Crippen LogP contribution in [0.15, 0.2) is 12.1 Å². The molecule has 18 heavy (non-hydrogen) atoms. The number of phenolic OH excluding ortho intramolecular Hbond substituents is 3. The van der Waals surface area contributed by atoms with Crippen molar-refractivity contribution >= 4 is 0 Å². The minimum Gasteiger partial charge on any atom is -0.504 e. The summed E-state index contributed by atoms with van der Waals surface area (Å²) in [4.78, 5) is 0. The Morgan fingerprint density at radius 2 is 1.89 bits per heavy atom. The van der Waals surface area contributed by atoms with E-state index >= 15 is 0 Å². The molecule has 0 saturated carbocycles. The van der Waals surface area contributed by atoms with E-state index in [9.17, 15) is 15.3 Å². The van der Waals surface area contributed by atoms with Gasteiger partial charge in [0.25, 0.3) is 0 Å². The summed E-state index contributed by atoms with van der Waals surface area (Å²) in [6, 6.07) is 2.90. The Labute approximate surface area is 107 Å². The van der Waals surface area contributed by atoms with E-state index in [4.69, 9.17) is 5.11 Å². The fourth-order valence-corrected chi connectivity index (χ4v) is 1.80. The normalized spacial score (nSPS) is 12.6. The molecule has 0 aliphatic carbocycles. The van der Waals surface area contributed by atoms with E-state index < -0.39 is 5.75 Å². The van der Waals surface area contributed by atoms with Crippen LogP contribution in [0.25, 0.3) is 0 Å². The van der Waals surface area contributed by atoms with Crippen LogP contribution >= 0.6 is 0 Å². The molecule has 1 rings (SSSR count). The summed E-state index contributed by atoms with van der Waals surface area (Å²) in [5.41, 5.74) is 0.532. The standard InChI is InChI=1S/C13H21NO4/c1-2-9(5-6-15)7-14-8-10-3-4-11(16)13(18)12(10)17/h3-4,9,14-18H,2,5-8H2,1H3. The maximum Gasteiger partial charge on any atom is 0.200 e. The topological polar surface area (TPSA) is 93.0 Å². The highest BCUT2D eigenvalue weighted by Crippen LogP contribution is 2.36. The maximum atomic E-state index is 9.61. The minimum atomic E-state index is -0.489. The molecular formula is C13H21NO4. The largest absolute Gasteiger partial charge is 0.504 e. The van der Waals surface area contributed by atoms with Gasteiger partial charge in [-0.15, -0.1) is 0 Å². The average Bonchev–Trinajstić information content (AvgIpc) is 2.37. The van der Waals surface area contributed by atoms with Gasteiger partial charge in [0.2, 0.25) is 5.75 Å². The third kappa shape index (κ3) is 3.78. The first kappa shape index (κ1) is 14.6. The van der Waals surface area contributed by atoms with Gasteiger partial charge in [-0.2, -0.15) is 0 Å². The van der Waals surface area contributed by atoms with Crippen LogP contribution in [0, 0.1) is 5.92 Å². The molecule has 5 N–H and O–H groups in total. The maximum absolute atomic E-state index is 9.61. The molecule has 0 saturated heterocycles. The molecule has 0 aromatic heterocycles. The molecule has 5 nitrogen and oxygen atoms in total. The van der Waals surface area contributed by atoms with Gasteiger partial charge in [-0.05, 0) is 24.9 Å². The van der Waals surface area contributed by atoms with E-state index in [2.05, 4.69) is 12.2 Å². The summed E-state index contributed by atoms with van der Waals surface area (Å²) in [6.07, 6.45) is 1.72. The molecule has 0 fully saturated rings. The van der Waals surface area contributed by atoms with Crippen molar-refractivity contribution < 1.29 is 20.4 Å². The van der Waals surface area contributed by atoms with Crippen molar-refractivity contribution in [1.82, 2.24) is 5.32 Å². The molecule has 1 aromatic rings. The van der Waals surface area contributed by atoms with Gasteiger partial charge in [0.15, 0.2) is 11.5 Å². The molecule has 0 aliphatic rings. The van der Waals surface area contributed by atoms with Gasteiger partial charge < -0.3 is 25.7 Å². The number of benzene rings is 1. The summed E-state index contributed by atoms with van der Waals surface area (Å²) in [5.74, 6) is -0.722. The predicted octanol–water partition coefficient (Wildman–Crippen LogP) is 1.30. The molecule has 0 heterocycles. The summed E-state index contributed by atoms with van der Waals surface area (Å²) in [7, 11) is 0. The quantitative estimate of drug-likeness (QED) is 0.474. The Morgan fingerprint density at radius 3 is 2.50 bits per heavy atom. The van der Waals surface area contributed by atoms with Crippen LogP contribution in [0.5, 0.6) is 17.2 Å². The highest BCUT2D eigenvalue weighted by Gasteiger charge is 2.11. The fourth-order valence-electron chi connectivity index (χ4n) is 1.80. The summed E-state index contributed by atoms with van der Waals surface area (Å²) < 4.78 is 0. The van der Waals surface area contributed by atoms with Gasteiger partial charge >= 0.3 is 0 Å². The lowest BCUT2D eigenvalue weighted by molar-refractivity contribution is 0.251. The first-order valence-electron chi connectivity index (χ1n) is 6.14. The predicted molar refractivity (Wildman–Crippen MR) is 68.6 cm³/mol. The van der Waals surface area contributed by atoms with Crippen molar-refractivity contribution in [2.75, 3.05) is 13.2 Å². The Morgan fingerprint density at radius 1 is 1.17 bits per heavy atom. The van der Waals surface area contributed by atoms with Gasteiger partial charge in [-0.3, -0.25) is 0 Å². The van der Waals surface area contributed by atoms with Crippen molar-refractivity contribution in [3.63, 3.8) is 0 Å². The number of aromatic hydroxyl groups is 3. The summed E-state index contributed by atoms with van der Waals surface area (Å²) in [5, 5.41) is 40.2. The van der Waals surface area contributed by atoms with Crippen LogP contribution in [0.3, 0.4) is 0 Å². The Balaban J connectivity index is 2.51. The lowest BCUT2D eigenvalue weighted by Gasteiger charge is -2.15. The van der Waals surface area contributed by atoms with E-state index in [0.717, 1.165) is 19.4 Å². The zero-order chi connectivity index (χ0) is 13.5. The van der Waals surface area contributed by atoms with E-state index in [1.165, 1.54) is 6.07 Å². The molecule has 0 spiro atoms. The van der Waals surface area contributed by atoms with Crippen LogP contribution in [0.1, 0.15) is 25.3 Å². The van der Waals surface area contributed by atoms with Crippen LogP contribution in [-0.4, -0.2) is 33.6 Å². The molecule has 1 unspecified atom stereocenters. The van der Waals surface area contributed by atoms with E-state index in [0.29, 0.717) is 18.0 Å². The highest BCUT2D eigenvalue weighted by molar-refractivity contribution is 5.52. The van der Waals surface area contributed by atoms with Crippen molar-refractivity contribution in [1.29, 1.82) is 0 Å². The fraction of sp³-hybridized carbons (Fsp3) is 0.538. The molecular weight excluding hydrogens is 234 g/mol. The Kier molecular flexibility index (Phi) is 5.74. The molecule has 0 bridgehead atoms. The van der Waals surface area contributed by atoms with Gasteiger partial charge in [-0.1, -0.05) is 19.4 Å². The highest BCUT2D eigenvalue weighted by atomic mass is 16.3. The van der Waals surface area contributed by atoms with Crippen molar-refractivity contribution in [3.8, 4) is 17.2 Å². The number of aliphatic hydroxyl groups excluding tert-OH is 1. The summed E-state index contributed by atoms with van der Waals surface area (Å²) in [6.45, 7) is 3.37. The third-order valence-corrected chi connectivity index (χ3v) is 3.08. The summed E-state index contributed by atoms with van der Waals surface area (Å²) >= 11 is 0. The zero-order valence-electron chi connectivity index (χ0n) is 10.6. The third-order valence-electron chi connectivity index (χ3n) is 3.08. The second-order valence-corrected chi connectivity index (χ2v) is 4.36. The molecule has 5 heteroatoms. The second kappa shape index (κ2) is 7.08. The first-order chi connectivity index (χ1) is 8.60. The number of phenols is 3. The van der Waals surface area contributed by atoms with Crippen LogP contribution in [0.4, 0.5) is 0 Å². The van der Waals surface area contributed by atoms with Crippen LogP contribution < -0.4 is 5.32 Å². The SMILES string of the molecule is CCC(CCO)CNCc1ccc(O)c(O)c1O. The first-order valence-corrected chi connectivity index (χ1v) is 6.14. The van der Waals surface area contributed by atoms with E-state index in [1.54, 1.807) is 6.07 Å². The number of rotatable bonds is 7. The Bertz CT molecular complexity index is 381. The van der Waals surface area contributed by atoms with Crippen LogP contribution in [0.2, 0.25) is 0 Å². The molecule has 1 atom stereocenters. The zero-order valence-corrected chi connectivity index (χ0v) is 10.6. The number of hydrogen-bond donors (Lipinski definition) is 5. The molecule has 1 aromatic carbocycles. The van der Waals surface area contributed by atoms with Crippen molar-refractivity contribution in [3.05, 3.63) is 17.7 Å². The van der Waals surface area contributed by atoms with E-state index in [1.807, 2.05) is 0 Å². The molecule has 0 radical (unpaired) electrons.